The van der Waals surface area contributed by atoms with Crippen LogP contribution in [0.1, 0.15) is 27.7 Å². The van der Waals surface area contributed by atoms with Gasteiger partial charge in [-0.3, -0.25) is 0 Å². The molecular formula is C22H28O3Si. The lowest BCUT2D eigenvalue weighted by atomic mass is 10.2. The molecule has 0 radical (unpaired) electrons. The fourth-order valence-electron chi connectivity index (χ4n) is 3.29. The summed E-state index contributed by atoms with van der Waals surface area (Å²) in [5, 5.41) is 2.34. The maximum atomic E-state index is 11.5. The van der Waals surface area contributed by atoms with Gasteiger partial charge in [0.15, 0.2) is 0 Å². The van der Waals surface area contributed by atoms with E-state index in [1.807, 2.05) is 19.1 Å². The summed E-state index contributed by atoms with van der Waals surface area (Å²) in [7, 11) is -1.22. The van der Waals surface area contributed by atoms with Gasteiger partial charge in [0.1, 0.15) is 0 Å². The van der Waals surface area contributed by atoms with Crippen LogP contribution in [0.2, 0.25) is 5.04 Å². The van der Waals surface area contributed by atoms with Gasteiger partial charge in [0, 0.05) is 6.08 Å². The molecule has 0 aliphatic rings. The van der Waals surface area contributed by atoms with Gasteiger partial charge in [-0.15, -0.1) is 0 Å². The third-order valence-corrected chi connectivity index (χ3v) is 9.61. The van der Waals surface area contributed by atoms with Crippen LogP contribution in [0.5, 0.6) is 0 Å². The monoisotopic (exact) mass is 368 g/mol. The summed E-state index contributed by atoms with van der Waals surface area (Å²) in [4.78, 5) is 11.5. The smallest absolute Gasteiger partial charge is 0.330 e. The average Bonchev–Trinajstić information content (AvgIpc) is 2.64. The molecule has 26 heavy (non-hydrogen) atoms. The molecule has 0 heterocycles. The Hall–Kier alpha value is -2.17. The zero-order chi connectivity index (χ0) is 19.2. The molecule has 2 aromatic rings. The fraction of sp³-hybridized carbons (Fsp3) is 0.318. The van der Waals surface area contributed by atoms with E-state index in [9.17, 15) is 4.79 Å². The van der Waals surface area contributed by atoms with Gasteiger partial charge < -0.3 is 9.16 Å². The first-order valence-electron chi connectivity index (χ1n) is 8.86. The summed E-state index contributed by atoms with van der Waals surface area (Å²) >= 11 is 0. The second-order valence-corrected chi connectivity index (χ2v) is 11.6. The second kappa shape index (κ2) is 8.47. The van der Waals surface area contributed by atoms with Crippen LogP contribution < -0.4 is 10.4 Å². The highest BCUT2D eigenvalue weighted by Gasteiger charge is 2.50. The van der Waals surface area contributed by atoms with Gasteiger partial charge in [-0.1, -0.05) is 87.5 Å². The minimum absolute atomic E-state index is 0.0942. The van der Waals surface area contributed by atoms with Crippen molar-refractivity contribution in [2.24, 2.45) is 0 Å². The van der Waals surface area contributed by atoms with Crippen molar-refractivity contribution in [3.8, 4) is 0 Å². The third kappa shape index (κ3) is 4.32. The lowest BCUT2D eigenvalue weighted by Crippen LogP contribution is -2.67. The van der Waals surface area contributed by atoms with Crippen molar-refractivity contribution >= 4 is 24.7 Å². The lowest BCUT2D eigenvalue weighted by Gasteiger charge is -2.44. The van der Waals surface area contributed by atoms with E-state index in [1.54, 1.807) is 6.08 Å². The number of esters is 1. The van der Waals surface area contributed by atoms with Crippen LogP contribution in [0.25, 0.3) is 0 Å². The Morgan fingerprint density at radius 3 is 1.81 bits per heavy atom. The van der Waals surface area contributed by atoms with Crippen molar-refractivity contribution in [3.05, 3.63) is 72.8 Å². The van der Waals surface area contributed by atoms with E-state index >= 15 is 0 Å². The molecule has 0 aromatic heterocycles. The fourth-order valence-corrected chi connectivity index (χ4v) is 7.94. The predicted molar refractivity (Wildman–Crippen MR) is 109 cm³/mol. The van der Waals surface area contributed by atoms with Crippen molar-refractivity contribution < 1.29 is 14.0 Å². The maximum absolute atomic E-state index is 11.5. The number of benzene rings is 2. The second-order valence-electron chi connectivity index (χ2n) is 7.37. The van der Waals surface area contributed by atoms with Crippen molar-refractivity contribution in [2.75, 3.05) is 7.11 Å². The number of methoxy groups -OCH3 is 1. The van der Waals surface area contributed by atoms with Crippen molar-refractivity contribution in [2.45, 2.75) is 38.8 Å². The molecular weight excluding hydrogens is 340 g/mol. The quantitative estimate of drug-likeness (QED) is 0.443. The normalized spacial score (nSPS) is 13.6. The van der Waals surface area contributed by atoms with Gasteiger partial charge in [0.05, 0.1) is 13.2 Å². The molecule has 0 N–H and O–H groups in total. The van der Waals surface area contributed by atoms with E-state index in [-0.39, 0.29) is 17.1 Å². The lowest BCUT2D eigenvalue weighted by molar-refractivity contribution is -0.134. The zero-order valence-corrected chi connectivity index (χ0v) is 17.2. The predicted octanol–water partition coefficient (Wildman–Crippen LogP) is 3.68. The minimum atomic E-state index is -2.60. The van der Waals surface area contributed by atoms with E-state index in [2.05, 4.69) is 69.3 Å². The van der Waals surface area contributed by atoms with E-state index in [0.717, 1.165) is 0 Å². The van der Waals surface area contributed by atoms with E-state index in [4.69, 9.17) is 9.16 Å². The van der Waals surface area contributed by atoms with Gasteiger partial charge in [-0.2, -0.15) is 0 Å². The Morgan fingerprint density at radius 1 is 0.962 bits per heavy atom. The molecule has 0 unspecified atom stereocenters. The first kappa shape index (κ1) is 20.1. The largest absolute Gasteiger partial charge is 0.466 e. The summed E-state index contributed by atoms with van der Waals surface area (Å²) in [6.45, 7) is 8.67. The maximum Gasteiger partial charge on any atom is 0.330 e. The summed E-state index contributed by atoms with van der Waals surface area (Å²) in [5.74, 6) is -0.372. The topological polar surface area (TPSA) is 35.5 Å². The highest BCUT2D eigenvalue weighted by Crippen LogP contribution is 2.37. The Labute approximate surface area is 157 Å². The zero-order valence-electron chi connectivity index (χ0n) is 16.2. The first-order valence-corrected chi connectivity index (χ1v) is 10.8. The number of carbonyl (C=O) groups excluding carboxylic acids is 1. The number of rotatable bonds is 6. The molecule has 0 aliphatic carbocycles. The molecule has 4 heteroatoms. The molecule has 3 nitrogen and oxygen atoms in total. The van der Waals surface area contributed by atoms with Crippen LogP contribution in [-0.4, -0.2) is 27.5 Å². The Bertz CT molecular complexity index is 693. The van der Waals surface area contributed by atoms with E-state index in [0.29, 0.717) is 0 Å². The molecule has 1 atom stereocenters. The van der Waals surface area contributed by atoms with E-state index < -0.39 is 8.32 Å². The Morgan fingerprint density at radius 2 is 1.42 bits per heavy atom. The summed E-state index contributed by atoms with van der Waals surface area (Å²) in [5.41, 5.74) is 0. The third-order valence-electron chi connectivity index (χ3n) is 4.48. The summed E-state index contributed by atoms with van der Waals surface area (Å²) in [6.07, 6.45) is 2.98. The number of hydrogen-bond acceptors (Lipinski definition) is 3. The molecule has 0 saturated heterocycles. The Kier molecular flexibility index (Phi) is 6.56. The van der Waals surface area contributed by atoms with Crippen molar-refractivity contribution in [1.82, 2.24) is 0 Å². The standard InChI is InChI=1S/C22H28O3Si/c1-18(16-17-21(23)24-5)25-26(22(2,3)4,19-12-8-6-9-13-19)20-14-10-7-11-15-20/h6-18H,1-5H3/b17-16+/t18-/m0/s1. The van der Waals surface area contributed by atoms with Crippen LogP contribution in [0.15, 0.2) is 72.8 Å². The molecule has 0 spiro atoms. The summed E-state index contributed by atoms with van der Waals surface area (Å²) < 4.78 is 11.5. The van der Waals surface area contributed by atoms with E-state index in [1.165, 1.54) is 23.6 Å². The molecule has 0 amide bonds. The summed E-state index contributed by atoms with van der Waals surface area (Å²) in [6, 6.07) is 20.9. The van der Waals surface area contributed by atoms with Gasteiger partial charge in [0.25, 0.3) is 8.32 Å². The van der Waals surface area contributed by atoms with Crippen LogP contribution in [-0.2, 0) is 14.0 Å². The van der Waals surface area contributed by atoms with Gasteiger partial charge in [0.2, 0.25) is 0 Å². The Balaban J connectivity index is 2.57. The molecule has 0 saturated carbocycles. The molecule has 0 bridgehead atoms. The van der Waals surface area contributed by atoms with Gasteiger partial charge >= 0.3 is 5.97 Å². The molecule has 2 aromatic carbocycles. The molecule has 138 valence electrons. The van der Waals surface area contributed by atoms with Crippen molar-refractivity contribution in [1.29, 1.82) is 0 Å². The van der Waals surface area contributed by atoms with Gasteiger partial charge in [-0.05, 0) is 22.3 Å². The molecule has 0 aliphatic heterocycles. The van der Waals surface area contributed by atoms with Crippen LogP contribution in [0.3, 0.4) is 0 Å². The average molecular weight is 369 g/mol. The number of carbonyl (C=O) groups is 1. The minimum Gasteiger partial charge on any atom is -0.466 e. The van der Waals surface area contributed by atoms with Crippen LogP contribution >= 0.6 is 0 Å². The van der Waals surface area contributed by atoms with Gasteiger partial charge in [-0.25, -0.2) is 4.79 Å². The van der Waals surface area contributed by atoms with Crippen molar-refractivity contribution in [3.63, 3.8) is 0 Å². The number of ether oxygens (including phenoxy) is 1. The SMILES string of the molecule is COC(=O)/C=C/[C@H](C)O[Si](c1ccccc1)(c1ccccc1)C(C)(C)C. The molecule has 2 rings (SSSR count). The highest BCUT2D eigenvalue weighted by atomic mass is 28.4. The first-order chi connectivity index (χ1) is 12.3. The molecule has 0 fully saturated rings. The van der Waals surface area contributed by atoms with Crippen LogP contribution in [0, 0.1) is 0 Å². The number of hydrogen-bond donors (Lipinski definition) is 0. The van der Waals surface area contributed by atoms with Crippen LogP contribution in [0.4, 0.5) is 0 Å². The highest BCUT2D eigenvalue weighted by molar-refractivity contribution is 6.99.